The number of carboxylic acids is 1. The maximum absolute atomic E-state index is 12.1. The van der Waals surface area contributed by atoms with Crippen molar-refractivity contribution >= 4 is 23.6 Å². The summed E-state index contributed by atoms with van der Waals surface area (Å²) in [4.78, 5) is 28.8. The van der Waals surface area contributed by atoms with Crippen molar-refractivity contribution in [1.82, 2.24) is 9.88 Å². The Hall–Kier alpha value is -1.56. The van der Waals surface area contributed by atoms with Crippen molar-refractivity contribution in [3.05, 3.63) is 23.9 Å². The number of nitrogens with zero attached hydrogens (tertiary/aromatic N) is 2. The predicted molar refractivity (Wildman–Crippen MR) is 76.9 cm³/mol. The average molecular weight is 294 g/mol. The van der Waals surface area contributed by atoms with Crippen LogP contribution in [0.3, 0.4) is 0 Å². The van der Waals surface area contributed by atoms with Crippen LogP contribution in [0.5, 0.6) is 0 Å². The van der Waals surface area contributed by atoms with E-state index in [-0.39, 0.29) is 11.5 Å². The van der Waals surface area contributed by atoms with E-state index >= 15 is 0 Å². The quantitative estimate of drug-likeness (QED) is 0.863. The van der Waals surface area contributed by atoms with Crippen LogP contribution >= 0.6 is 11.8 Å². The fourth-order valence-electron chi connectivity index (χ4n) is 2.28. The molecule has 20 heavy (non-hydrogen) atoms. The molecule has 0 spiro atoms. The second-order valence-electron chi connectivity index (χ2n) is 4.91. The van der Waals surface area contributed by atoms with Crippen molar-refractivity contribution in [2.75, 3.05) is 12.3 Å². The first-order valence-electron chi connectivity index (χ1n) is 6.69. The van der Waals surface area contributed by atoms with Gasteiger partial charge in [-0.15, -0.1) is 0 Å². The zero-order chi connectivity index (χ0) is 14.5. The van der Waals surface area contributed by atoms with E-state index in [2.05, 4.69) is 11.9 Å². The van der Waals surface area contributed by atoms with Crippen molar-refractivity contribution in [3.8, 4) is 0 Å². The number of hydrogen-bond donors (Lipinski definition) is 1. The van der Waals surface area contributed by atoms with Gasteiger partial charge in [0.05, 0.1) is 16.3 Å². The monoisotopic (exact) mass is 294 g/mol. The fraction of sp³-hybridized carbons (Fsp3) is 0.500. The Labute approximate surface area is 122 Å². The van der Waals surface area contributed by atoms with E-state index in [9.17, 15) is 9.59 Å². The lowest BCUT2D eigenvalue weighted by molar-refractivity contribution is -0.131. The van der Waals surface area contributed by atoms with E-state index in [4.69, 9.17) is 5.11 Å². The van der Waals surface area contributed by atoms with Crippen molar-refractivity contribution in [3.63, 3.8) is 0 Å². The summed E-state index contributed by atoms with van der Waals surface area (Å²) in [5.41, 5.74) is 0.158. The van der Waals surface area contributed by atoms with Gasteiger partial charge in [0.25, 0.3) is 0 Å². The smallest absolute Gasteiger partial charge is 0.337 e. The van der Waals surface area contributed by atoms with Crippen LogP contribution in [-0.2, 0) is 4.79 Å². The minimum atomic E-state index is -0.993. The molecular weight excluding hydrogens is 276 g/mol. The number of thioether (sulfide) groups is 1. The minimum Gasteiger partial charge on any atom is -0.478 e. The van der Waals surface area contributed by atoms with Gasteiger partial charge in [0.15, 0.2) is 0 Å². The van der Waals surface area contributed by atoms with E-state index in [1.807, 2.05) is 4.90 Å². The van der Waals surface area contributed by atoms with Gasteiger partial charge in [-0.05, 0) is 38.3 Å². The zero-order valence-corrected chi connectivity index (χ0v) is 12.2. The summed E-state index contributed by atoms with van der Waals surface area (Å²) in [6.07, 6.45) is 4.66. The molecule has 2 rings (SSSR count). The topological polar surface area (TPSA) is 70.5 Å². The molecule has 1 N–H and O–H groups in total. The lowest BCUT2D eigenvalue weighted by Gasteiger charge is -2.33. The number of piperidine rings is 1. The number of carboxylic acid groups (broad SMARTS) is 1. The normalized spacial score (nSPS) is 18.9. The lowest BCUT2D eigenvalue weighted by Crippen LogP contribution is -2.42. The average Bonchev–Trinajstić information content (AvgIpc) is 2.45. The fourth-order valence-corrected chi connectivity index (χ4v) is 3.01. The van der Waals surface area contributed by atoms with Gasteiger partial charge in [0.1, 0.15) is 0 Å². The van der Waals surface area contributed by atoms with Gasteiger partial charge < -0.3 is 10.0 Å². The van der Waals surface area contributed by atoms with Crippen LogP contribution in [0.4, 0.5) is 0 Å². The van der Waals surface area contributed by atoms with Crippen LogP contribution < -0.4 is 0 Å². The molecule has 0 saturated carbocycles. The predicted octanol–water partition coefficient (Wildman–Crippen LogP) is 2.27. The molecule has 1 atom stereocenters. The van der Waals surface area contributed by atoms with E-state index in [0.29, 0.717) is 16.8 Å². The van der Waals surface area contributed by atoms with Gasteiger partial charge in [-0.3, -0.25) is 4.79 Å². The van der Waals surface area contributed by atoms with Gasteiger partial charge in [-0.2, -0.15) is 0 Å². The first kappa shape index (κ1) is 14.8. The molecule has 0 aliphatic carbocycles. The highest BCUT2D eigenvalue weighted by Crippen LogP contribution is 2.20. The molecule has 1 aromatic rings. The molecule has 1 unspecified atom stereocenters. The molecule has 6 heteroatoms. The molecule has 108 valence electrons. The largest absolute Gasteiger partial charge is 0.478 e. The molecule has 5 nitrogen and oxygen atoms in total. The van der Waals surface area contributed by atoms with Crippen molar-refractivity contribution in [1.29, 1.82) is 0 Å². The SMILES string of the molecule is CC1CCCCN1C(=O)CSc1ccc(C(=O)O)cn1. The highest BCUT2D eigenvalue weighted by atomic mass is 32.2. The molecule has 0 radical (unpaired) electrons. The van der Waals surface area contributed by atoms with Crippen LogP contribution in [0.1, 0.15) is 36.5 Å². The summed E-state index contributed by atoms with van der Waals surface area (Å²) in [5.74, 6) is -0.511. The second-order valence-corrected chi connectivity index (χ2v) is 5.91. The molecular formula is C14H18N2O3S. The van der Waals surface area contributed by atoms with E-state index in [0.717, 1.165) is 19.4 Å². The zero-order valence-electron chi connectivity index (χ0n) is 11.4. The molecule has 1 amide bonds. The third-order valence-electron chi connectivity index (χ3n) is 3.45. The van der Waals surface area contributed by atoms with Crippen molar-refractivity contribution in [2.24, 2.45) is 0 Å². The van der Waals surface area contributed by atoms with E-state index in [1.165, 1.54) is 30.4 Å². The Morgan fingerprint density at radius 2 is 2.25 bits per heavy atom. The Kier molecular flexibility index (Phi) is 5.00. The number of aromatic carboxylic acids is 1. The number of aromatic nitrogens is 1. The molecule has 1 saturated heterocycles. The standard InChI is InChI=1S/C14H18N2O3S/c1-10-4-2-3-7-16(10)13(17)9-20-12-6-5-11(8-15-12)14(18)19/h5-6,8,10H,2-4,7,9H2,1H3,(H,18,19). The van der Waals surface area contributed by atoms with E-state index in [1.54, 1.807) is 6.07 Å². The van der Waals surface area contributed by atoms with Crippen LogP contribution in [0, 0.1) is 0 Å². The molecule has 1 aromatic heterocycles. The summed E-state index contributed by atoms with van der Waals surface area (Å²) in [6, 6.07) is 3.46. The summed E-state index contributed by atoms with van der Waals surface area (Å²) < 4.78 is 0. The summed E-state index contributed by atoms with van der Waals surface area (Å²) in [6.45, 7) is 2.92. The third-order valence-corrected chi connectivity index (χ3v) is 4.38. The van der Waals surface area contributed by atoms with Crippen LogP contribution in [0.25, 0.3) is 0 Å². The first-order chi connectivity index (χ1) is 9.58. The maximum atomic E-state index is 12.1. The summed E-state index contributed by atoms with van der Waals surface area (Å²) >= 11 is 1.35. The highest BCUT2D eigenvalue weighted by molar-refractivity contribution is 7.99. The molecule has 0 bridgehead atoms. The number of pyridine rings is 1. The summed E-state index contributed by atoms with van der Waals surface area (Å²) in [7, 11) is 0. The lowest BCUT2D eigenvalue weighted by atomic mass is 10.0. The molecule has 1 aliphatic rings. The number of amides is 1. The molecule has 2 heterocycles. The number of hydrogen-bond acceptors (Lipinski definition) is 4. The molecule has 1 aliphatic heterocycles. The Morgan fingerprint density at radius 3 is 2.85 bits per heavy atom. The van der Waals surface area contributed by atoms with Gasteiger partial charge in [-0.25, -0.2) is 9.78 Å². The van der Waals surface area contributed by atoms with Crippen LogP contribution in [0.15, 0.2) is 23.4 Å². The van der Waals surface area contributed by atoms with Crippen molar-refractivity contribution < 1.29 is 14.7 Å². The molecule has 0 aromatic carbocycles. The van der Waals surface area contributed by atoms with Gasteiger partial charge >= 0.3 is 5.97 Å². The van der Waals surface area contributed by atoms with Crippen LogP contribution in [0.2, 0.25) is 0 Å². The molecule has 1 fully saturated rings. The first-order valence-corrected chi connectivity index (χ1v) is 7.68. The number of rotatable bonds is 4. The maximum Gasteiger partial charge on any atom is 0.337 e. The van der Waals surface area contributed by atoms with Gasteiger partial charge in [0, 0.05) is 18.8 Å². The highest BCUT2D eigenvalue weighted by Gasteiger charge is 2.22. The number of likely N-dealkylation sites (tertiary alicyclic amines) is 1. The van der Waals surface area contributed by atoms with Crippen LogP contribution in [-0.4, -0.2) is 45.2 Å². The number of carbonyl (C=O) groups excluding carboxylic acids is 1. The third kappa shape index (κ3) is 3.72. The van der Waals surface area contributed by atoms with Gasteiger partial charge in [0.2, 0.25) is 5.91 Å². The Balaban J connectivity index is 1.88. The summed E-state index contributed by atoms with van der Waals surface area (Å²) in [5, 5.41) is 9.46. The minimum absolute atomic E-state index is 0.131. The number of carbonyl (C=O) groups is 2. The Bertz CT molecular complexity index is 490. The second kappa shape index (κ2) is 6.74. The van der Waals surface area contributed by atoms with E-state index < -0.39 is 5.97 Å². The van der Waals surface area contributed by atoms with Crippen molar-refractivity contribution in [2.45, 2.75) is 37.3 Å². The Morgan fingerprint density at radius 1 is 1.45 bits per heavy atom. The van der Waals surface area contributed by atoms with Gasteiger partial charge in [-0.1, -0.05) is 11.8 Å².